The number of halogens is 2. The van der Waals surface area contributed by atoms with Crippen LogP contribution in [0.1, 0.15) is 25.3 Å². The number of phenols is 1. The molecule has 2 saturated heterocycles. The van der Waals surface area contributed by atoms with Gasteiger partial charge in [-0.15, -0.1) is 0 Å². The molecular formula is C22H31Br2N3O4. The van der Waals surface area contributed by atoms with Crippen molar-refractivity contribution in [2.24, 2.45) is 5.92 Å². The number of aromatic hydroxyl groups is 1. The Morgan fingerprint density at radius 1 is 1.10 bits per heavy atom. The molecule has 0 radical (unpaired) electrons. The topological polar surface area (TPSA) is 73.3 Å². The summed E-state index contributed by atoms with van der Waals surface area (Å²) in [5, 5.41) is 9.88. The Morgan fingerprint density at radius 2 is 1.68 bits per heavy atom. The quantitative estimate of drug-likeness (QED) is 0.539. The lowest BCUT2D eigenvalue weighted by Crippen LogP contribution is -2.55. The second kappa shape index (κ2) is 11.1. The maximum atomic E-state index is 13.0. The first-order chi connectivity index (χ1) is 14.8. The van der Waals surface area contributed by atoms with Gasteiger partial charge in [0.25, 0.3) is 0 Å². The second-order valence-corrected chi connectivity index (χ2v) is 10.2. The molecule has 0 aliphatic carbocycles. The molecule has 2 aliphatic rings. The van der Waals surface area contributed by atoms with E-state index < -0.39 is 0 Å². The van der Waals surface area contributed by atoms with E-state index in [9.17, 15) is 14.7 Å². The number of ether oxygens (including phenoxy) is 1. The van der Waals surface area contributed by atoms with E-state index >= 15 is 0 Å². The number of rotatable bonds is 6. The number of nitrogens with zero attached hydrogens (tertiary/aromatic N) is 3. The summed E-state index contributed by atoms with van der Waals surface area (Å²) in [6.45, 7) is 7.48. The Bertz CT molecular complexity index is 768. The number of hydrogen-bond acceptors (Lipinski definition) is 6. The van der Waals surface area contributed by atoms with Gasteiger partial charge < -0.3 is 14.7 Å². The molecule has 0 saturated carbocycles. The summed E-state index contributed by atoms with van der Waals surface area (Å²) in [7, 11) is 1.43. The number of piperazine rings is 1. The molecule has 1 amide bonds. The van der Waals surface area contributed by atoms with Gasteiger partial charge in [0, 0.05) is 51.2 Å². The molecule has 1 aromatic carbocycles. The number of amides is 1. The predicted molar refractivity (Wildman–Crippen MR) is 126 cm³/mol. The fourth-order valence-electron chi connectivity index (χ4n) is 4.49. The largest absolute Gasteiger partial charge is 0.506 e. The van der Waals surface area contributed by atoms with Gasteiger partial charge in [-0.25, -0.2) is 0 Å². The van der Waals surface area contributed by atoms with Gasteiger partial charge in [0.05, 0.1) is 22.6 Å². The van der Waals surface area contributed by atoms with Gasteiger partial charge in [0.2, 0.25) is 5.91 Å². The lowest BCUT2D eigenvalue weighted by atomic mass is 9.98. The highest BCUT2D eigenvalue weighted by Gasteiger charge is 2.30. The van der Waals surface area contributed by atoms with Crippen molar-refractivity contribution in [2.45, 2.75) is 32.2 Å². The maximum absolute atomic E-state index is 13.0. The van der Waals surface area contributed by atoms with Crippen LogP contribution < -0.4 is 0 Å². The Labute approximate surface area is 201 Å². The number of esters is 1. The van der Waals surface area contributed by atoms with E-state index in [-0.39, 0.29) is 23.5 Å². The van der Waals surface area contributed by atoms with Crippen LogP contribution in [0.5, 0.6) is 5.75 Å². The van der Waals surface area contributed by atoms with Crippen molar-refractivity contribution in [3.63, 3.8) is 0 Å². The summed E-state index contributed by atoms with van der Waals surface area (Å²) >= 11 is 6.71. The van der Waals surface area contributed by atoms with Crippen molar-refractivity contribution in [1.82, 2.24) is 14.7 Å². The fourth-order valence-corrected chi connectivity index (χ4v) is 5.77. The van der Waals surface area contributed by atoms with Crippen LogP contribution >= 0.6 is 31.9 Å². The van der Waals surface area contributed by atoms with Crippen molar-refractivity contribution >= 4 is 43.7 Å². The van der Waals surface area contributed by atoms with E-state index in [1.807, 2.05) is 24.0 Å². The number of benzene rings is 1. The zero-order valence-corrected chi connectivity index (χ0v) is 21.3. The summed E-state index contributed by atoms with van der Waals surface area (Å²) in [4.78, 5) is 31.1. The van der Waals surface area contributed by atoms with E-state index in [4.69, 9.17) is 4.74 Å². The SMILES string of the molecule is COC(=O)CN1CCC(N2CCN(C(=O)[C@H](C)Cc3cc(Br)c(O)c(Br)c3)CC2)CC1. The molecule has 1 N–H and O–H groups in total. The molecule has 0 bridgehead atoms. The van der Waals surface area contributed by atoms with Crippen LogP contribution in [-0.2, 0) is 20.7 Å². The molecule has 3 rings (SSSR count). The normalized spacial score (nSPS) is 19.9. The van der Waals surface area contributed by atoms with Crippen molar-refractivity contribution in [3.05, 3.63) is 26.6 Å². The average Bonchev–Trinajstić information content (AvgIpc) is 2.77. The molecule has 0 unspecified atom stereocenters. The molecule has 31 heavy (non-hydrogen) atoms. The van der Waals surface area contributed by atoms with Crippen molar-refractivity contribution in [3.8, 4) is 5.75 Å². The highest BCUT2D eigenvalue weighted by atomic mass is 79.9. The van der Waals surface area contributed by atoms with E-state index in [1.165, 1.54) is 7.11 Å². The van der Waals surface area contributed by atoms with E-state index in [1.54, 1.807) is 0 Å². The van der Waals surface area contributed by atoms with Crippen molar-refractivity contribution < 1.29 is 19.4 Å². The smallest absolute Gasteiger partial charge is 0.319 e. The van der Waals surface area contributed by atoms with E-state index in [0.29, 0.717) is 28.0 Å². The average molecular weight is 561 g/mol. The minimum Gasteiger partial charge on any atom is -0.506 e. The number of carbonyl (C=O) groups is 2. The number of phenolic OH excluding ortho intramolecular Hbond substituents is 1. The zero-order chi connectivity index (χ0) is 22.5. The third-order valence-corrected chi connectivity index (χ3v) is 7.53. The molecule has 2 aliphatic heterocycles. The van der Waals surface area contributed by atoms with Gasteiger partial charge in [-0.3, -0.25) is 19.4 Å². The number of methoxy groups -OCH3 is 1. The van der Waals surface area contributed by atoms with Crippen LogP contribution in [0.15, 0.2) is 21.1 Å². The molecule has 2 heterocycles. The van der Waals surface area contributed by atoms with Crippen molar-refractivity contribution in [2.75, 3.05) is 52.9 Å². The number of carbonyl (C=O) groups excluding carboxylic acids is 2. The van der Waals surface area contributed by atoms with Crippen LogP contribution in [0, 0.1) is 5.92 Å². The highest BCUT2D eigenvalue weighted by Crippen LogP contribution is 2.34. The van der Waals surface area contributed by atoms with E-state index in [2.05, 4.69) is 41.7 Å². The lowest BCUT2D eigenvalue weighted by Gasteiger charge is -2.43. The zero-order valence-electron chi connectivity index (χ0n) is 18.1. The van der Waals surface area contributed by atoms with Crippen molar-refractivity contribution in [1.29, 1.82) is 0 Å². The molecule has 2 fully saturated rings. The summed E-state index contributed by atoms with van der Waals surface area (Å²) in [5.41, 5.74) is 1.01. The fraction of sp³-hybridized carbons (Fsp3) is 0.636. The van der Waals surface area contributed by atoms with Crippen LogP contribution in [-0.4, -0.2) is 90.6 Å². The first-order valence-corrected chi connectivity index (χ1v) is 12.4. The third kappa shape index (κ3) is 6.43. The van der Waals surface area contributed by atoms with Gasteiger partial charge in [-0.05, 0) is 68.8 Å². The Morgan fingerprint density at radius 3 is 2.23 bits per heavy atom. The molecule has 9 heteroatoms. The van der Waals surface area contributed by atoms with Crippen LogP contribution in [0.4, 0.5) is 0 Å². The molecular weight excluding hydrogens is 530 g/mol. The monoisotopic (exact) mass is 559 g/mol. The first kappa shape index (κ1) is 24.5. The minimum atomic E-state index is -0.174. The second-order valence-electron chi connectivity index (χ2n) is 8.46. The van der Waals surface area contributed by atoms with Gasteiger partial charge in [-0.2, -0.15) is 0 Å². The summed E-state index contributed by atoms with van der Waals surface area (Å²) in [6.07, 6.45) is 2.73. The molecule has 0 aromatic heterocycles. The number of hydrogen-bond donors (Lipinski definition) is 1. The Balaban J connectivity index is 1.45. The Kier molecular flexibility index (Phi) is 8.78. The summed E-state index contributed by atoms with van der Waals surface area (Å²) < 4.78 is 6.01. The summed E-state index contributed by atoms with van der Waals surface area (Å²) in [6, 6.07) is 4.26. The molecule has 0 spiro atoms. The maximum Gasteiger partial charge on any atom is 0.319 e. The van der Waals surface area contributed by atoms with Gasteiger partial charge in [0.1, 0.15) is 5.75 Å². The van der Waals surface area contributed by atoms with Gasteiger partial charge in [0.15, 0.2) is 0 Å². The molecule has 1 atom stereocenters. The van der Waals surface area contributed by atoms with Crippen LogP contribution in [0.25, 0.3) is 0 Å². The number of piperidine rings is 1. The van der Waals surface area contributed by atoms with Crippen LogP contribution in [0.3, 0.4) is 0 Å². The molecule has 172 valence electrons. The van der Waals surface area contributed by atoms with Gasteiger partial charge >= 0.3 is 5.97 Å². The Hall–Kier alpha value is -1.16. The standard InChI is InChI=1S/C22H31Br2N3O4/c1-15(11-16-12-18(23)21(29)19(24)13-16)22(30)27-9-7-26(8-10-27)17-3-5-25(6-4-17)14-20(28)31-2/h12-13,15,17,29H,3-11,14H2,1-2H3/t15-/m1/s1. The highest BCUT2D eigenvalue weighted by molar-refractivity contribution is 9.11. The van der Waals surface area contributed by atoms with Gasteiger partial charge in [-0.1, -0.05) is 6.92 Å². The number of likely N-dealkylation sites (tertiary alicyclic amines) is 1. The van der Waals surface area contributed by atoms with E-state index in [0.717, 1.165) is 57.7 Å². The summed E-state index contributed by atoms with van der Waals surface area (Å²) in [5.74, 6) is 0.0750. The first-order valence-electron chi connectivity index (χ1n) is 10.8. The minimum absolute atomic E-state index is 0.114. The molecule has 1 aromatic rings. The third-order valence-electron chi connectivity index (χ3n) is 6.32. The lowest BCUT2D eigenvalue weighted by molar-refractivity contribution is -0.142. The molecule has 7 nitrogen and oxygen atoms in total. The van der Waals surface area contributed by atoms with Crippen LogP contribution in [0.2, 0.25) is 0 Å². The predicted octanol–water partition coefficient (Wildman–Crippen LogP) is 2.88.